The third-order valence-electron chi connectivity index (χ3n) is 3.24. The maximum atomic E-state index is 5.67. The highest BCUT2D eigenvalue weighted by Gasteiger charge is 1.98. The van der Waals surface area contributed by atoms with E-state index in [9.17, 15) is 0 Å². The van der Waals surface area contributed by atoms with E-state index in [-0.39, 0.29) is 0 Å². The Labute approximate surface area is 132 Å². The Morgan fingerprint density at radius 1 is 1.09 bits per heavy atom. The maximum Gasteiger partial charge on any atom is 0.191 e. The highest BCUT2D eigenvalue weighted by Crippen LogP contribution is 2.10. The van der Waals surface area contributed by atoms with E-state index in [0.29, 0.717) is 13.2 Å². The molecule has 118 valence electrons. The summed E-state index contributed by atoms with van der Waals surface area (Å²) < 4.78 is 7.80. The normalized spacial score (nSPS) is 11.3. The van der Waals surface area contributed by atoms with Crippen LogP contribution in [0.5, 0.6) is 5.75 Å². The molecule has 0 saturated carbocycles. The van der Waals surface area contributed by atoms with E-state index in [1.54, 1.807) is 7.05 Å². The lowest BCUT2D eigenvalue weighted by atomic mass is 10.2. The minimum Gasteiger partial charge on any atom is -0.492 e. The number of aromatic nitrogens is 1. The molecule has 0 atom stereocenters. The molecule has 0 saturated heterocycles. The molecule has 2 rings (SSSR count). The number of nitrogens with zero attached hydrogens (tertiary/aromatic N) is 2. The first-order valence-corrected chi connectivity index (χ1v) is 7.52. The summed E-state index contributed by atoms with van der Waals surface area (Å²) in [5.74, 6) is 1.68. The zero-order valence-electron chi connectivity index (χ0n) is 13.2. The molecule has 1 heterocycles. The van der Waals surface area contributed by atoms with Crippen LogP contribution in [0.2, 0.25) is 0 Å². The van der Waals surface area contributed by atoms with Crippen LogP contribution in [0.4, 0.5) is 0 Å². The predicted molar refractivity (Wildman–Crippen MR) is 90.5 cm³/mol. The van der Waals surface area contributed by atoms with Crippen molar-refractivity contribution in [2.45, 2.75) is 13.5 Å². The number of ether oxygens (including phenoxy) is 1. The van der Waals surface area contributed by atoms with Gasteiger partial charge in [-0.3, -0.25) is 4.99 Å². The average Bonchev–Trinajstić information content (AvgIpc) is 3.04. The lowest BCUT2D eigenvalue weighted by molar-refractivity contribution is 0.322. The monoisotopic (exact) mass is 300 g/mol. The average molecular weight is 300 g/mol. The minimum absolute atomic E-state index is 0.599. The van der Waals surface area contributed by atoms with Crippen molar-refractivity contribution in [2.75, 3.05) is 26.7 Å². The fraction of sp³-hybridized carbons (Fsp3) is 0.353. The summed E-state index contributed by atoms with van der Waals surface area (Å²) >= 11 is 0. The van der Waals surface area contributed by atoms with Gasteiger partial charge in [0.2, 0.25) is 0 Å². The molecular weight excluding hydrogens is 276 g/mol. The van der Waals surface area contributed by atoms with Crippen LogP contribution in [0.1, 0.15) is 5.56 Å². The molecule has 0 bridgehead atoms. The van der Waals surface area contributed by atoms with Gasteiger partial charge in [0, 0.05) is 32.5 Å². The SMILES string of the molecule is CN=C(NCCOc1ccc(C)cc1)NCCn1cccc1. The van der Waals surface area contributed by atoms with Gasteiger partial charge in [-0.15, -0.1) is 0 Å². The van der Waals surface area contributed by atoms with Gasteiger partial charge in [-0.2, -0.15) is 0 Å². The van der Waals surface area contributed by atoms with Gasteiger partial charge in [0.05, 0.1) is 6.54 Å². The Morgan fingerprint density at radius 3 is 2.45 bits per heavy atom. The molecule has 0 spiro atoms. The zero-order chi connectivity index (χ0) is 15.6. The molecule has 0 amide bonds. The first kappa shape index (κ1) is 15.9. The lowest BCUT2D eigenvalue weighted by Crippen LogP contribution is -2.40. The number of nitrogens with one attached hydrogen (secondary N) is 2. The topological polar surface area (TPSA) is 50.6 Å². The van der Waals surface area contributed by atoms with E-state index in [4.69, 9.17) is 4.74 Å². The third kappa shape index (κ3) is 5.52. The van der Waals surface area contributed by atoms with Crippen LogP contribution in [0, 0.1) is 6.92 Å². The molecule has 0 aliphatic rings. The zero-order valence-corrected chi connectivity index (χ0v) is 13.2. The molecule has 0 unspecified atom stereocenters. The van der Waals surface area contributed by atoms with Crippen LogP contribution in [0.25, 0.3) is 0 Å². The van der Waals surface area contributed by atoms with E-state index >= 15 is 0 Å². The van der Waals surface area contributed by atoms with Gasteiger partial charge in [-0.05, 0) is 31.2 Å². The second kappa shape index (κ2) is 8.77. The number of hydrogen-bond acceptors (Lipinski definition) is 2. The van der Waals surface area contributed by atoms with Crippen molar-refractivity contribution >= 4 is 5.96 Å². The van der Waals surface area contributed by atoms with Gasteiger partial charge in [-0.25, -0.2) is 0 Å². The van der Waals surface area contributed by atoms with E-state index in [0.717, 1.165) is 24.8 Å². The third-order valence-corrected chi connectivity index (χ3v) is 3.24. The molecule has 1 aromatic carbocycles. The summed E-state index contributed by atoms with van der Waals surface area (Å²) in [6.07, 6.45) is 4.10. The van der Waals surface area contributed by atoms with Crippen molar-refractivity contribution in [3.8, 4) is 5.75 Å². The smallest absolute Gasteiger partial charge is 0.191 e. The Hall–Kier alpha value is -2.43. The van der Waals surface area contributed by atoms with Gasteiger partial charge in [0.25, 0.3) is 0 Å². The first-order chi connectivity index (χ1) is 10.8. The first-order valence-electron chi connectivity index (χ1n) is 7.52. The van der Waals surface area contributed by atoms with Crippen molar-refractivity contribution in [1.82, 2.24) is 15.2 Å². The Balaban J connectivity index is 1.60. The van der Waals surface area contributed by atoms with Crippen molar-refractivity contribution in [3.63, 3.8) is 0 Å². The second-order valence-electron chi connectivity index (χ2n) is 5.01. The number of aliphatic imine (C=N–C) groups is 1. The Kier molecular flexibility index (Phi) is 6.36. The van der Waals surface area contributed by atoms with Gasteiger partial charge < -0.3 is 19.9 Å². The highest BCUT2D eigenvalue weighted by atomic mass is 16.5. The largest absolute Gasteiger partial charge is 0.492 e. The van der Waals surface area contributed by atoms with Crippen LogP contribution in [-0.2, 0) is 6.54 Å². The number of hydrogen-bond donors (Lipinski definition) is 2. The number of guanidine groups is 1. The standard InChI is InChI=1S/C17H24N4O/c1-15-5-7-16(8-6-15)22-14-10-20-17(18-2)19-9-13-21-11-3-4-12-21/h3-8,11-12H,9-10,13-14H2,1-2H3,(H2,18,19,20). The van der Waals surface area contributed by atoms with Gasteiger partial charge in [-0.1, -0.05) is 17.7 Å². The molecule has 5 nitrogen and oxygen atoms in total. The molecule has 1 aromatic heterocycles. The van der Waals surface area contributed by atoms with Gasteiger partial charge >= 0.3 is 0 Å². The molecule has 2 aromatic rings. The van der Waals surface area contributed by atoms with Crippen LogP contribution in [0.15, 0.2) is 53.8 Å². The Morgan fingerprint density at radius 2 is 1.77 bits per heavy atom. The van der Waals surface area contributed by atoms with Gasteiger partial charge in [0.15, 0.2) is 5.96 Å². The molecule has 0 radical (unpaired) electrons. The van der Waals surface area contributed by atoms with Crippen LogP contribution >= 0.6 is 0 Å². The molecule has 2 N–H and O–H groups in total. The van der Waals surface area contributed by atoms with Crippen molar-refractivity contribution < 1.29 is 4.74 Å². The van der Waals surface area contributed by atoms with Crippen molar-refractivity contribution in [3.05, 3.63) is 54.4 Å². The van der Waals surface area contributed by atoms with E-state index < -0.39 is 0 Å². The summed E-state index contributed by atoms with van der Waals surface area (Å²) in [6, 6.07) is 12.1. The molecule has 0 aliphatic carbocycles. The van der Waals surface area contributed by atoms with E-state index in [2.05, 4.69) is 27.1 Å². The fourth-order valence-electron chi connectivity index (χ4n) is 2.02. The summed E-state index contributed by atoms with van der Waals surface area (Å²) in [7, 11) is 1.77. The van der Waals surface area contributed by atoms with E-state index in [1.165, 1.54) is 5.56 Å². The van der Waals surface area contributed by atoms with Crippen LogP contribution in [-0.4, -0.2) is 37.3 Å². The summed E-state index contributed by atoms with van der Waals surface area (Å²) in [6.45, 7) is 5.11. The number of benzene rings is 1. The van der Waals surface area contributed by atoms with Crippen molar-refractivity contribution in [1.29, 1.82) is 0 Å². The Bertz CT molecular complexity index is 561. The minimum atomic E-state index is 0.599. The number of rotatable bonds is 7. The fourth-order valence-corrected chi connectivity index (χ4v) is 2.02. The van der Waals surface area contributed by atoms with Crippen LogP contribution in [0.3, 0.4) is 0 Å². The summed E-state index contributed by atoms with van der Waals surface area (Å²) in [4.78, 5) is 4.19. The lowest BCUT2D eigenvalue weighted by Gasteiger charge is -2.13. The van der Waals surface area contributed by atoms with Crippen LogP contribution < -0.4 is 15.4 Å². The predicted octanol–water partition coefficient (Wildman–Crippen LogP) is 2.04. The summed E-state index contributed by atoms with van der Waals surface area (Å²) in [5, 5.41) is 6.51. The second-order valence-corrected chi connectivity index (χ2v) is 5.01. The summed E-state index contributed by atoms with van der Waals surface area (Å²) in [5.41, 5.74) is 1.23. The van der Waals surface area contributed by atoms with Gasteiger partial charge in [0.1, 0.15) is 12.4 Å². The molecule has 22 heavy (non-hydrogen) atoms. The molecule has 5 heteroatoms. The maximum absolute atomic E-state index is 5.67. The molecule has 0 fully saturated rings. The molecular formula is C17H24N4O. The molecule has 0 aliphatic heterocycles. The quantitative estimate of drug-likeness (QED) is 0.467. The van der Waals surface area contributed by atoms with E-state index in [1.807, 2.05) is 48.8 Å². The highest BCUT2D eigenvalue weighted by molar-refractivity contribution is 5.79. The number of aryl methyl sites for hydroxylation is 1. The van der Waals surface area contributed by atoms with Crippen molar-refractivity contribution in [2.24, 2.45) is 4.99 Å².